The van der Waals surface area contributed by atoms with Crippen molar-refractivity contribution in [3.05, 3.63) is 95.7 Å². The van der Waals surface area contributed by atoms with Crippen LogP contribution in [0.2, 0.25) is 0 Å². The first-order valence-corrected chi connectivity index (χ1v) is 27.5. The first-order chi connectivity index (χ1) is 33.8. The Labute approximate surface area is 418 Å². The van der Waals surface area contributed by atoms with E-state index in [1.54, 1.807) is 42.5 Å². The minimum Gasteiger partial charge on any atom is -0.462 e. The number of aromatic nitrogens is 2. The van der Waals surface area contributed by atoms with E-state index >= 15 is 0 Å². The topological polar surface area (TPSA) is 306 Å². The number of nitrogens with zero attached hydrogens (tertiary/aromatic N) is 2. The SMILES string of the molecule is CC/C=C\C[C@@H](O)/C=C/C=C\C/C=C\C=C\[C@@H](O)/C=C\CCCC(=O)OC[C@H](COP(=O)(O)OP(=O)(O)OC[C@H]1O[C@@H](n2ccc(N)nc2=O)[C@H](O)[C@@H]1O)OC(=O)CCCCCCCCCCCC(C)C. The van der Waals surface area contributed by atoms with Gasteiger partial charge in [0, 0.05) is 19.0 Å². The van der Waals surface area contributed by atoms with Crippen LogP contribution in [-0.4, -0.2) is 108 Å². The molecule has 1 aliphatic heterocycles. The van der Waals surface area contributed by atoms with E-state index < -0.39 is 95.9 Å². The molecule has 20 nitrogen and oxygen atoms in total. The third kappa shape index (κ3) is 30.0. The van der Waals surface area contributed by atoms with Gasteiger partial charge in [0.05, 0.1) is 25.4 Å². The summed E-state index contributed by atoms with van der Waals surface area (Å²) >= 11 is 0. The van der Waals surface area contributed by atoms with Gasteiger partial charge < -0.3 is 50.2 Å². The number of allylic oxidation sites excluding steroid dienone is 8. The zero-order chi connectivity index (χ0) is 52.5. The predicted octanol–water partition coefficient (Wildman–Crippen LogP) is 7.52. The van der Waals surface area contributed by atoms with Crippen molar-refractivity contribution in [1.29, 1.82) is 0 Å². The molecule has 2 rings (SSSR count). The van der Waals surface area contributed by atoms with Crippen molar-refractivity contribution in [2.24, 2.45) is 5.92 Å². The first-order valence-electron chi connectivity index (χ1n) is 24.5. The van der Waals surface area contributed by atoms with Crippen LogP contribution in [-0.2, 0) is 46.3 Å². The lowest BCUT2D eigenvalue weighted by atomic mass is 10.0. The quantitative estimate of drug-likeness (QED) is 0.0111. The number of unbranched alkanes of at least 4 members (excludes halogenated alkanes) is 9. The number of hydrogen-bond acceptors (Lipinski definition) is 17. The molecule has 0 aliphatic carbocycles. The number of rotatable bonds is 38. The average molecular weight is 1040 g/mol. The fourth-order valence-corrected chi connectivity index (χ4v) is 8.94. The van der Waals surface area contributed by atoms with Crippen molar-refractivity contribution >= 4 is 33.4 Å². The van der Waals surface area contributed by atoms with E-state index in [4.69, 9.17) is 29.0 Å². The molecule has 0 bridgehead atoms. The Morgan fingerprint density at radius 2 is 1.44 bits per heavy atom. The summed E-state index contributed by atoms with van der Waals surface area (Å²) in [5.41, 5.74) is 4.56. The van der Waals surface area contributed by atoms with Gasteiger partial charge in [0.25, 0.3) is 0 Å². The van der Waals surface area contributed by atoms with Crippen LogP contribution in [0.25, 0.3) is 0 Å². The van der Waals surface area contributed by atoms with Crippen LogP contribution in [0.4, 0.5) is 5.82 Å². The summed E-state index contributed by atoms with van der Waals surface area (Å²) in [5, 5.41) is 41.0. The molecule has 1 saturated heterocycles. The molecule has 1 aromatic rings. The molecule has 402 valence electrons. The van der Waals surface area contributed by atoms with E-state index in [2.05, 4.69) is 23.1 Å². The molecule has 1 aliphatic rings. The average Bonchev–Trinajstić information content (AvgIpc) is 3.58. The Bertz CT molecular complexity index is 2020. The molecule has 0 saturated carbocycles. The fraction of sp³-hybridized carbons (Fsp3) is 0.633. The molecule has 1 aromatic heterocycles. The standard InChI is InChI=1S/C49H79N3O17P2/c1-4-5-19-27-39(53)28-21-15-11-9-12-16-22-29-40(54)30-23-18-25-31-44(55)64-35-41(67-45(56)32-24-17-13-8-6-7-10-14-20-26-38(2)3)36-65-70(60,61)69-71(62,63)66-37-42-46(57)47(58)48(68-42)52-34-33-43(50)51-49(52)59/h5,11-12,15-16,19,21-23,28-30,33-34,38-42,46-48,53-54,57-58H,4,6-10,13-14,17-18,20,24-27,31-32,35-37H2,1-3H3,(H,60,61)(H,62,63)(H2,50,51,59)/b15-11-,16-12-,19-5-,28-21+,29-22+,30-23-/t39-,40-,41-,42-,46-,47-,48-/m1/s1. The van der Waals surface area contributed by atoms with Crippen LogP contribution in [0.5, 0.6) is 0 Å². The van der Waals surface area contributed by atoms with E-state index in [1.165, 1.54) is 31.7 Å². The highest BCUT2D eigenvalue weighted by Crippen LogP contribution is 2.60. The lowest BCUT2D eigenvalue weighted by molar-refractivity contribution is -0.161. The first kappa shape index (κ1) is 63.2. The number of phosphoric ester groups is 2. The van der Waals surface area contributed by atoms with Crippen LogP contribution in [0.1, 0.15) is 136 Å². The van der Waals surface area contributed by atoms with E-state index in [-0.39, 0.29) is 18.7 Å². The summed E-state index contributed by atoms with van der Waals surface area (Å²) in [6.07, 6.45) is 26.6. The van der Waals surface area contributed by atoms with Gasteiger partial charge in [-0.25, -0.2) is 13.9 Å². The molecule has 22 heteroatoms. The maximum atomic E-state index is 12.8. The number of aliphatic hydroxyl groups is 4. The molecule has 9 atom stereocenters. The number of hydrogen-bond donors (Lipinski definition) is 7. The zero-order valence-corrected chi connectivity index (χ0v) is 43.2. The van der Waals surface area contributed by atoms with Gasteiger partial charge >= 0.3 is 33.3 Å². The number of carbonyl (C=O) groups is 2. The summed E-state index contributed by atoms with van der Waals surface area (Å²) in [4.78, 5) is 61.8. The van der Waals surface area contributed by atoms with Crippen molar-refractivity contribution < 1.29 is 76.5 Å². The van der Waals surface area contributed by atoms with Crippen LogP contribution in [0.15, 0.2) is 90.0 Å². The second-order valence-corrected chi connectivity index (χ2v) is 20.5. The van der Waals surface area contributed by atoms with Gasteiger partial charge in [-0.15, -0.1) is 0 Å². The maximum absolute atomic E-state index is 12.8. The molecule has 8 N–H and O–H groups in total. The minimum absolute atomic E-state index is 0.00378. The van der Waals surface area contributed by atoms with Crippen LogP contribution < -0.4 is 11.4 Å². The second kappa shape index (κ2) is 36.1. The Morgan fingerprint density at radius 1 is 0.803 bits per heavy atom. The van der Waals surface area contributed by atoms with Crippen molar-refractivity contribution in [3.8, 4) is 0 Å². The summed E-state index contributed by atoms with van der Waals surface area (Å²) in [6.45, 7) is 4.01. The summed E-state index contributed by atoms with van der Waals surface area (Å²) in [6, 6.07) is 1.23. The van der Waals surface area contributed by atoms with Crippen molar-refractivity contribution in [2.45, 2.75) is 173 Å². The summed E-state index contributed by atoms with van der Waals surface area (Å²) in [7, 11) is -10.9. The number of nitrogens with two attached hydrogens (primary N) is 1. The molecular formula is C49H79N3O17P2. The second-order valence-electron chi connectivity index (χ2n) is 17.5. The number of phosphoric acid groups is 2. The van der Waals surface area contributed by atoms with Gasteiger partial charge in [-0.05, 0) is 50.5 Å². The number of carbonyl (C=O) groups excluding carboxylic acids is 2. The Morgan fingerprint density at radius 3 is 2.10 bits per heavy atom. The Balaban J connectivity index is 1.87. The number of anilines is 1. The lowest BCUT2D eigenvalue weighted by Gasteiger charge is -2.21. The summed E-state index contributed by atoms with van der Waals surface area (Å²) in [5.74, 6) is -0.786. The molecule has 0 aromatic carbocycles. The minimum atomic E-state index is -5.46. The van der Waals surface area contributed by atoms with Gasteiger partial charge in [0.2, 0.25) is 0 Å². The third-order valence-corrected chi connectivity index (χ3v) is 13.3. The van der Waals surface area contributed by atoms with Gasteiger partial charge in [-0.1, -0.05) is 151 Å². The third-order valence-electron chi connectivity index (χ3n) is 10.7. The van der Waals surface area contributed by atoms with Crippen LogP contribution in [0, 0.1) is 5.92 Å². The smallest absolute Gasteiger partial charge is 0.462 e. The Hall–Kier alpha value is -3.88. The highest BCUT2D eigenvalue weighted by atomic mass is 31.3. The monoisotopic (exact) mass is 1040 g/mol. The predicted molar refractivity (Wildman–Crippen MR) is 268 cm³/mol. The van der Waals surface area contributed by atoms with E-state index in [9.17, 15) is 53.7 Å². The van der Waals surface area contributed by atoms with Crippen molar-refractivity contribution in [1.82, 2.24) is 9.55 Å². The Kier molecular flexibility index (Phi) is 32.2. The highest BCUT2D eigenvalue weighted by molar-refractivity contribution is 7.61. The van der Waals surface area contributed by atoms with Gasteiger partial charge in [-0.2, -0.15) is 9.29 Å². The molecule has 2 heterocycles. The molecular weight excluding hydrogens is 964 g/mol. The largest absolute Gasteiger partial charge is 0.481 e. The highest BCUT2D eigenvalue weighted by Gasteiger charge is 2.46. The molecule has 2 unspecified atom stereocenters. The van der Waals surface area contributed by atoms with Crippen LogP contribution in [0.3, 0.4) is 0 Å². The lowest BCUT2D eigenvalue weighted by Crippen LogP contribution is -2.36. The van der Waals surface area contributed by atoms with Crippen molar-refractivity contribution in [2.75, 3.05) is 25.6 Å². The summed E-state index contributed by atoms with van der Waals surface area (Å²) < 4.78 is 56.5. The van der Waals surface area contributed by atoms with E-state index in [0.29, 0.717) is 38.0 Å². The number of aliphatic hydroxyl groups excluding tert-OH is 4. The van der Waals surface area contributed by atoms with Gasteiger partial charge in [-0.3, -0.25) is 23.2 Å². The molecule has 0 amide bonds. The molecule has 0 spiro atoms. The van der Waals surface area contributed by atoms with Crippen molar-refractivity contribution in [3.63, 3.8) is 0 Å². The van der Waals surface area contributed by atoms with Gasteiger partial charge in [0.1, 0.15) is 30.7 Å². The van der Waals surface area contributed by atoms with E-state index in [0.717, 1.165) is 49.3 Å². The number of esters is 2. The van der Waals surface area contributed by atoms with E-state index in [1.807, 2.05) is 37.3 Å². The fourth-order valence-electron chi connectivity index (χ4n) is 6.83. The maximum Gasteiger partial charge on any atom is 0.481 e. The normalized spacial score (nSPS) is 20.8. The van der Waals surface area contributed by atoms with Crippen LogP contribution >= 0.6 is 15.6 Å². The molecule has 0 radical (unpaired) electrons. The zero-order valence-electron chi connectivity index (χ0n) is 41.4. The number of nitrogen functional groups attached to an aromatic ring is 1. The molecule has 71 heavy (non-hydrogen) atoms. The number of ether oxygens (including phenoxy) is 3. The molecule has 1 fully saturated rings. The van der Waals surface area contributed by atoms with Gasteiger partial charge in [0.15, 0.2) is 12.3 Å².